The Morgan fingerprint density at radius 1 is 0.897 bits per heavy atom. The van der Waals surface area contributed by atoms with E-state index in [-0.39, 0.29) is 0 Å². The largest absolute Gasteiger partial charge is 0.264 e. The van der Waals surface area contributed by atoms with Crippen molar-refractivity contribution in [2.75, 3.05) is 0 Å². The summed E-state index contributed by atoms with van der Waals surface area (Å²) in [5.74, 6) is 0.620. The summed E-state index contributed by atoms with van der Waals surface area (Å²) >= 11 is 1.42. The normalized spacial score (nSPS) is 11.1. The Labute approximate surface area is 170 Å². The van der Waals surface area contributed by atoms with Gasteiger partial charge in [0, 0.05) is 23.3 Å². The number of hydrogen-bond acceptors (Lipinski definition) is 7. The Bertz CT molecular complexity index is 1300. The minimum atomic E-state index is 0.620. The zero-order valence-electron chi connectivity index (χ0n) is 15.5. The van der Waals surface area contributed by atoms with E-state index in [2.05, 4.69) is 20.5 Å². The summed E-state index contributed by atoms with van der Waals surface area (Å²) < 4.78 is 1.74. The van der Waals surface area contributed by atoms with Gasteiger partial charge in [0.2, 0.25) is 5.16 Å². The third kappa shape index (κ3) is 3.34. The van der Waals surface area contributed by atoms with Crippen LogP contribution in [-0.4, -0.2) is 35.2 Å². The molecule has 0 radical (unpaired) electrons. The van der Waals surface area contributed by atoms with E-state index in [0.717, 1.165) is 32.7 Å². The zero-order chi connectivity index (χ0) is 19.6. The van der Waals surface area contributed by atoms with Crippen molar-refractivity contribution < 1.29 is 0 Å². The van der Waals surface area contributed by atoms with Crippen LogP contribution >= 0.6 is 11.8 Å². The molecule has 140 valence electrons. The number of aromatic nitrogens is 7. The molecule has 0 amide bonds. The molecule has 8 heteroatoms. The molecule has 3 heterocycles. The van der Waals surface area contributed by atoms with Crippen LogP contribution in [0.5, 0.6) is 0 Å². The van der Waals surface area contributed by atoms with Crippen LogP contribution < -0.4 is 0 Å². The first kappa shape index (κ1) is 17.4. The molecule has 0 saturated carbocycles. The highest BCUT2D eigenvalue weighted by Crippen LogP contribution is 2.33. The minimum Gasteiger partial charge on any atom is -0.264 e. The van der Waals surface area contributed by atoms with Crippen molar-refractivity contribution in [1.82, 2.24) is 35.2 Å². The van der Waals surface area contributed by atoms with Crippen LogP contribution in [0.15, 0.2) is 83.2 Å². The zero-order valence-corrected chi connectivity index (χ0v) is 16.3. The van der Waals surface area contributed by atoms with E-state index in [0.29, 0.717) is 11.0 Å². The SMILES string of the molecule is Cc1ccccc1-n1nnnc1Sc1nc(-c2cccnc2)nc2ccccc12. The lowest BCUT2D eigenvalue weighted by Gasteiger charge is -2.09. The second kappa shape index (κ2) is 7.40. The second-order valence-corrected chi connectivity index (χ2v) is 7.33. The Morgan fingerprint density at radius 2 is 1.76 bits per heavy atom. The van der Waals surface area contributed by atoms with Gasteiger partial charge < -0.3 is 0 Å². The summed E-state index contributed by atoms with van der Waals surface area (Å²) in [5.41, 5.74) is 3.74. The third-order valence-electron chi connectivity index (χ3n) is 4.46. The summed E-state index contributed by atoms with van der Waals surface area (Å²) in [5, 5.41) is 14.7. The average Bonchev–Trinajstić information content (AvgIpc) is 3.22. The maximum atomic E-state index is 4.81. The van der Waals surface area contributed by atoms with E-state index in [1.807, 2.05) is 67.6 Å². The standard InChI is InChI=1S/C21H15N7S/c1-14-7-2-5-11-18(14)28-21(25-26-27-28)29-20-16-9-3-4-10-17(16)23-19(24-20)15-8-6-12-22-13-15/h2-13H,1H3. The lowest BCUT2D eigenvalue weighted by atomic mass is 10.2. The van der Waals surface area contributed by atoms with Gasteiger partial charge in [-0.15, -0.1) is 5.10 Å². The van der Waals surface area contributed by atoms with Gasteiger partial charge in [0.05, 0.1) is 11.2 Å². The molecule has 2 aromatic carbocycles. The third-order valence-corrected chi connectivity index (χ3v) is 5.40. The maximum Gasteiger partial charge on any atom is 0.220 e. The van der Waals surface area contributed by atoms with Crippen molar-refractivity contribution in [3.05, 3.63) is 78.6 Å². The van der Waals surface area contributed by atoms with Gasteiger partial charge >= 0.3 is 0 Å². The maximum absolute atomic E-state index is 4.81. The predicted molar refractivity (Wildman–Crippen MR) is 111 cm³/mol. The van der Waals surface area contributed by atoms with Crippen LogP contribution in [0.25, 0.3) is 28.0 Å². The quantitative estimate of drug-likeness (QED) is 0.422. The van der Waals surface area contributed by atoms with Gasteiger partial charge in [0.1, 0.15) is 5.03 Å². The van der Waals surface area contributed by atoms with Crippen LogP contribution in [-0.2, 0) is 0 Å². The van der Waals surface area contributed by atoms with E-state index in [4.69, 9.17) is 9.97 Å². The Balaban J connectivity index is 1.64. The van der Waals surface area contributed by atoms with Crippen molar-refractivity contribution in [1.29, 1.82) is 0 Å². The van der Waals surface area contributed by atoms with Gasteiger partial charge in [-0.05, 0) is 58.9 Å². The fourth-order valence-electron chi connectivity index (χ4n) is 3.03. The molecule has 5 rings (SSSR count). The van der Waals surface area contributed by atoms with Crippen LogP contribution in [0.4, 0.5) is 0 Å². The average molecular weight is 397 g/mol. The molecular weight excluding hydrogens is 382 g/mol. The molecule has 0 aliphatic rings. The van der Waals surface area contributed by atoms with Gasteiger partial charge in [0.15, 0.2) is 5.82 Å². The monoisotopic (exact) mass is 397 g/mol. The number of pyridine rings is 1. The number of tetrazole rings is 1. The molecule has 7 nitrogen and oxygen atoms in total. The molecule has 5 aromatic rings. The fraction of sp³-hybridized carbons (Fsp3) is 0.0476. The van der Waals surface area contributed by atoms with Crippen molar-refractivity contribution in [2.24, 2.45) is 0 Å². The highest BCUT2D eigenvalue weighted by molar-refractivity contribution is 7.99. The van der Waals surface area contributed by atoms with Crippen LogP contribution in [0.1, 0.15) is 5.56 Å². The number of nitrogens with zero attached hydrogens (tertiary/aromatic N) is 7. The smallest absolute Gasteiger partial charge is 0.220 e. The highest BCUT2D eigenvalue weighted by atomic mass is 32.2. The summed E-state index contributed by atoms with van der Waals surface area (Å²) in [6.07, 6.45) is 3.49. The van der Waals surface area contributed by atoms with Crippen LogP contribution in [0.3, 0.4) is 0 Å². The van der Waals surface area contributed by atoms with Crippen molar-refractivity contribution in [2.45, 2.75) is 17.1 Å². The predicted octanol–water partition coefficient (Wildman–Crippen LogP) is 4.13. The molecular formula is C21H15N7S. The lowest BCUT2D eigenvalue weighted by Crippen LogP contribution is -2.02. The Morgan fingerprint density at radius 3 is 2.62 bits per heavy atom. The number of benzene rings is 2. The van der Waals surface area contributed by atoms with Gasteiger partial charge in [-0.25, -0.2) is 9.97 Å². The Hall–Kier alpha value is -3.65. The molecule has 0 N–H and O–H groups in total. The molecule has 29 heavy (non-hydrogen) atoms. The molecule has 0 aliphatic heterocycles. The van der Waals surface area contributed by atoms with E-state index in [1.165, 1.54) is 11.8 Å². The van der Waals surface area contributed by atoms with E-state index in [9.17, 15) is 0 Å². The molecule has 0 atom stereocenters. The molecule has 0 bridgehead atoms. The molecule has 0 unspecified atom stereocenters. The summed E-state index contributed by atoms with van der Waals surface area (Å²) in [7, 11) is 0. The van der Waals surface area contributed by atoms with E-state index >= 15 is 0 Å². The first-order valence-corrected chi connectivity index (χ1v) is 9.81. The van der Waals surface area contributed by atoms with Gasteiger partial charge in [-0.1, -0.05) is 36.4 Å². The first-order valence-electron chi connectivity index (χ1n) is 8.99. The number of para-hydroxylation sites is 2. The number of aryl methyl sites for hydroxylation is 1. The second-order valence-electron chi connectivity index (χ2n) is 6.37. The lowest BCUT2D eigenvalue weighted by molar-refractivity contribution is 0.751. The summed E-state index contributed by atoms with van der Waals surface area (Å²) in [4.78, 5) is 13.7. The molecule has 0 spiro atoms. The molecule has 0 fully saturated rings. The number of fused-ring (bicyclic) bond motifs is 1. The Kier molecular flexibility index (Phi) is 4.45. The fourth-order valence-corrected chi connectivity index (χ4v) is 3.92. The van der Waals surface area contributed by atoms with E-state index in [1.54, 1.807) is 17.1 Å². The summed E-state index contributed by atoms with van der Waals surface area (Å²) in [6.45, 7) is 2.03. The summed E-state index contributed by atoms with van der Waals surface area (Å²) in [6, 6.07) is 19.7. The number of hydrogen-bond donors (Lipinski definition) is 0. The molecule has 0 aliphatic carbocycles. The van der Waals surface area contributed by atoms with Crippen molar-refractivity contribution in [3.8, 4) is 17.1 Å². The first-order chi connectivity index (χ1) is 14.3. The van der Waals surface area contributed by atoms with Crippen molar-refractivity contribution in [3.63, 3.8) is 0 Å². The van der Waals surface area contributed by atoms with E-state index < -0.39 is 0 Å². The number of rotatable bonds is 4. The van der Waals surface area contributed by atoms with Gasteiger partial charge in [-0.3, -0.25) is 4.98 Å². The van der Waals surface area contributed by atoms with Gasteiger partial charge in [-0.2, -0.15) is 4.68 Å². The van der Waals surface area contributed by atoms with Crippen molar-refractivity contribution >= 4 is 22.7 Å². The molecule has 0 saturated heterocycles. The molecule has 3 aromatic heterocycles. The van der Waals surface area contributed by atoms with Gasteiger partial charge in [0.25, 0.3) is 0 Å². The minimum absolute atomic E-state index is 0.620. The van der Waals surface area contributed by atoms with Crippen LogP contribution in [0.2, 0.25) is 0 Å². The topological polar surface area (TPSA) is 82.3 Å². The highest BCUT2D eigenvalue weighted by Gasteiger charge is 2.16. The van der Waals surface area contributed by atoms with Crippen LogP contribution in [0, 0.1) is 6.92 Å².